The van der Waals surface area contributed by atoms with Crippen molar-refractivity contribution in [1.29, 1.82) is 0 Å². The summed E-state index contributed by atoms with van der Waals surface area (Å²) < 4.78 is 7.74. The molecule has 1 aromatic heterocycles. The molecule has 0 radical (unpaired) electrons. The second-order valence-electron chi connectivity index (χ2n) is 6.19. The monoisotopic (exact) mass is 357 g/mol. The number of aryl methyl sites for hydroxylation is 1. The van der Waals surface area contributed by atoms with Crippen molar-refractivity contribution in [3.05, 3.63) is 85.1 Å². The summed E-state index contributed by atoms with van der Waals surface area (Å²) in [5.74, 6) is 1.48. The summed E-state index contributed by atoms with van der Waals surface area (Å²) in [6.07, 6.45) is 1.90. The average molecular weight is 357 g/mol. The molecule has 3 aromatic carbocycles. The largest absolute Gasteiger partial charge is 0.457 e. The molecule has 0 bridgehead atoms. The normalized spacial score (nSPS) is 10.6. The van der Waals surface area contributed by atoms with Crippen LogP contribution < -0.4 is 15.4 Å². The van der Waals surface area contributed by atoms with Crippen LogP contribution >= 0.6 is 0 Å². The van der Waals surface area contributed by atoms with E-state index in [1.54, 1.807) is 12.1 Å². The number of aromatic nitrogens is 1. The zero-order chi connectivity index (χ0) is 18.6. The molecule has 2 amide bonds. The van der Waals surface area contributed by atoms with Crippen molar-refractivity contribution in [3.8, 4) is 11.5 Å². The van der Waals surface area contributed by atoms with E-state index in [9.17, 15) is 4.79 Å². The summed E-state index contributed by atoms with van der Waals surface area (Å²) in [5, 5.41) is 6.75. The van der Waals surface area contributed by atoms with Crippen molar-refractivity contribution in [2.45, 2.75) is 0 Å². The van der Waals surface area contributed by atoms with Crippen LogP contribution in [0.3, 0.4) is 0 Å². The van der Waals surface area contributed by atoms with Gasteiger partial charge < -0.3 is 19.9 Å². The van der Waals surface area contributed by atoms with Crippen LogP contribution in [-0.4, -0.2) is 10.6 Å². The lowest BCUT2D eigenvalue weighted by Crippen LogP contribution is -2.19. The number of anilines is 2. The maximum absolute atomic E-state index is 12.3. The summed E-state index contributed by atoms with van der Waals surface area (Å²) in [6, 6.07) is 24.5. The molecule has 5 nitrogen and oxygen atoms in total. The molecule has 0 fully saturated rings. The van der Waals surface area contributed by atoms with Gasteiger partial charge in [0.2, 0.25) is 0 Å². The van der Waals surface area contributed by atoms with E-state index in [4.69, 9.17) is 4.74 Å². The molecule has 0 aliphatic rings. The molecule has 0 aliphatic carbocycles. The molecule has 4 aromatic rings. The summed E-state index contributed by atoms with van der Waals surface area (Å²) in [7, 11) is 1.96. The van der Waals surface area contributed by atoms with Gasteiger partial charge in [-0.05, 0) is 42.5 Å². The molecule has 27 heavy (non-hydrogen) atoms. The standard InChI is InChI=1S/C22H19N3O2/c1-25-15-20(19-9-5-6-10-21(19)25)24-22(26)23-16-11-13-18(14-12-16)27-17-7-3-2-4-8-17/h2-15H,1H3,(H2,23,24,26). The van der Waals surface area contributed by atoms with E-state index < -0.39 is 0 Å². The quantitative estimate of drug-likeness (QED) is 0.498. The molecule has 0 saturated heterocycles. The van der Waals surface area contributed by atoms with Crippen molar-refractivity contribution in [1.82, 2.24) is 4.57 Å². The summed E-state index contributed by atoms with van der Waals surface area (Å²) in [5.41, 5.74) is 2.53. The number of para-hydroxylation sites is 2. The predicted octanol–water partition coefficient (Wildman–Crippen LogP) is 5.61. The van der Waals surface area contributed by atoms with E-state index in [1.807, 2.05) is 84.5 Å². The molecule has 4 rings (SSSR count). The topological polar surface area (TPSA) is 55.3 Å². The minimum absolute atomic E-state index is 0.289. The van der Waals surface area contributed by atoms with Gasteiger partial charge in [0.15, 0.2) is 0 Å². The number of amides is 2. The van der Waals surface area contributed by atoms with E-state index in [-0.39, 0.29) is 6.03 Å². The van der Waals surface area contributed by atoms with Crippen molar-refractivity contribution in [2.75, 3.05) is 10.6 Å². The van der Waals surface area contributed by atoms with Crippen molar-refractivity contribution >= 4 is 28.3 Å². The van der Waals surface area contributed by atoms with Crippen molar-refractivity contribution in [2.24, 2.45) is 7.05 Å². The van der Waals surface area contributed by atoms with E-state index in [2.05, 4.69) is 10.6 Å². The number of carbonyl (C=O) groups is 1. The van der Waals surface area contributed by atoms with Crippen LogP contribution in [0.25, 0.3) is 10.9 Å². The number of rotatable bonds is 4. The van der Waals surface area contributed by atoms with Crippen LogP contribution in [0.1, 0.15) is 0 Å². The average Bonchev–Trinajstić information content (AvgIpc) is 3.00. The number of fused-ring (bicyclic) bond motifs is 1. The Morgan fingerprint density at radius 2 is 1.48 bits per heavy atom. The molecule has 0 saturated carbocycles. The van der Waals surface area contributed by atoms with Gasteiger partial charge in [0.05, 0.1) is 5.69 Å². The van der Waals surface area contributed by atoms with Gasteiger partial charge in [-0.2, -0.15) is 0 Å². The fourth-order valence-corrected chi connectivity index (χ4v) is 2.96. The number of urea groups is 1. The number of ether oxygens (including phenoxy) is 1. The van der Waals surface area contributed by atoms with E-state index in [0.29, 0.717) is 11.4 Å². The zero-order valence-electron chi connectivity index (χ0n) is 14.8. The maximum atomic E-state index is 12.3. The van der Waals surface area contributed by atoms with E-state index in [0.717, 1.165) is 22.3 Å². The molecule has 0 aliphatic heterocycles. The van der Waals surface area contributed by atoms with Crippen LogP contribution in [0.15, 0.2) is 85.1 Å². The molecule has 0 atom stereocenters. The fourth-order valence-electron chi connectivity index (χ4n) is 2.96. The Morgan fingerprint density at radius 1 is 0.815 bits per heavy atom. The molecule has 5 heteroatoms. The maximum Gasteiger partial charge on any atom is 0.323 e. The first kappa shape index (κ1) is 16.7. The van der Waals surface area contributed by atoms with Gasteiger partial charge in [-0.3, -0.25) is 0 Å². The molecule has 134 valence electrons. The molecular weight excluding hydrogens is 338 g/mol. The van der Waals surface area contributed by atoms with Crippen molar-refractivity contribution in [3.63, 3.8) is 0 Å². The molecule has 1 heterocycles. The van der Waals surface area contributed by atoms with Crippen molar-refractivity contribution < 1.29 is 9.53 Å². The highest BCUT2D eigenvalue weighted by Crippen LogP contribution is 2.26. The van der Waals surface area contributed by atoms with Crippen LogP contribution in [0.5, 0.6) is 11.5 Å². The summed E-state index contributed by atoms with van der Waals surface area (Å²) >= 11 is 0. The Kier molecular flexibility index (Phi) is 4.49. The number of hydrogen-bond acceptors (Lipinski definition) is 2. The fraction of sp³-hybridized carbons (Fsp3) is 0.0455. The van der Waals surface area contributed by atoms with Crippen LogP contribution in [0.2, 0.25) is 0 Å². The smallest absolute Gasteiger partial charge is 0.323 e. The van der Waals surface area contributed by atoms with Crippen LogP contribution in [-0.2, 0) is 7.05 Å². The van der Waals surface area contributed by atoms with Gasteiger partial charge in [-0.25, -0.2) is 4.79 Å². The van der Waals surface area contributed by atoms with Gasteiger partial charge in [0, 0.05) is 29.8 Å². The third kappa shape index (κ3) is 3.77. The Labute approximate surface area is 157 Å². The Hall–Kier alpha value is -3.73. The molecule has 2 N–H and O–H groups in total. The molecule has 0 unspecified atom stereocenters. The Bertz CT molecular complexity index is 1070. The van der Waals surface area contributed by atoms with Gasteiger partial charge in [0.25, 0.3) is 0 Å². The number of hydrogen-bond donors (Lipinski definition) is 2. The second kappa shape index (κ2) is 7.25. The third-order valence-corrected chi connectivity index (χ3v) is 4.24. The number of nitrogens with zero attached hydrogens (tertiary/aromatic N) is 1. The van der Waals surface area contributed by atoms with Crippen LogP contribution in [0, 0.1) is 0 Å². The predicted molar refractivity (Wildman–Crippen MR) is 109 cm³/mol. The summed E-state index contributed by atoms with van der Waals surface area (Å²) in [6.45, 7) is 0. The Morgan fingerprint density at radius 3 is 2.26 bits per heavy atom. The van der Waals surface area contributed by atoms with Gasteiger partial charge in [-0.1, -0.05) is 36.4 Å². The minimum Gasteiger partial charge on any atom is -0.457 e. The second-order valence-corrected chi connectivity index (χ2v) is 6.19. The lowest BCUT2D eigenvalue weighted by molar-refractivity contribution is 0.262. The zero-order valence-corrected chi connectivity index (χ0v) is 14.8. The SMILES string of the molecule is Cn1cc(NC(=O)Nc2ccc(Oc3ccccc3)cc2)c2ccccc21. The number of nitrogens with one attached hydrogen (secondary N) is 2. The number of benzene rings is 3. The van der Waals surface area contributed by atoms with Gasteiger partial charge >= 0.3 is 6.03 Å². The first-order valence-electron chi connectivity index (χ1n) is 8.64. The first-order valence-corrected chi connectivity index (χ1v) is 8.64. The molecular formula is C22H19N3O2. The molecule has 0 spiro atoms. The third-order valence-electron chi connectivity index (χ3n) is 4.24. The van der Waals surface area contributed by atoms with Gasteiger partial charge in [0.1, 0.15) is 11.5 Å². The van der Waals surface area contributed by atoms with Crippen LogP contribution in [0.4, 0.5) is 16.2 Å². The van der Waals surface area contributed by atoms with E-state index in [1.165, 1.54) is 0 Å². The highest BCUT2D eigenvalue weighted by atomic mass is 16.5. The summed E-state index contributed by atoms with van der Waals surface area (Å²) in [4.78, 5) is 12.3. The highest BCUT2D eigenvalue weighted by molar-refractivity contribution is 6.06. The van der Waals surface area contributed by atoms with Gasteiger partial charge in [-0.15, -0.1) is 0 Å². The Balaban J connectivity index is 1.42. The first-order chi connectivity index (χ1) is 13.2. The highest BCUT2D eigenvalue weighted by Gasteiger charge is 2.09. The lowest BCUT2D eigenvalue weighted by Gasteiger charge is -2.09. The minimum atomic E-state index is -0.289. The lowest BCUT2D eigenvalue weighted by atomic mass is 10.2. The van der Waals surface area contributed by atoms with E-state index >= 15 is 0 Å². The number of carbonyl (C=O) groups excluding carboxylic acids is 1.